The van der Waals surface area contributed by atoms with Crippen molar-refractivity contribution in [2.24, 2.45) is 0 Å². The summed E-state index contributed by atoms with van der Waals surface area (Å²) in [6, 6.07) is 11.2. The van der Waals surface area contributed by atoms with Gasteiger partial charge in [0.05, 0.1) is 6.42 Å². The number of likely N-dealkylation sites (tertiary alicyclic amines) is 1. The van der Waals surface area contributed by atoms with Crippen molar-refractivity contribution in [2.45, 2.75) is 32.2 Å². The van der Waals surface area contributed by atoms with E-state index in [1.807, 2.05) is 17.2 Å². The van der Waals surface area contributed by atoms with Crippen LogP contribution in [0.15, 0.2) is 41.9 Å². The molecule has 0 N–H and O–H groups in total. The van der Waals surface area contributed by atoms with Crippen LogP contribution in [0.2, 0.25) is 0 Å². The SMILES string of the molecule is Cc1csc(CC(=O)N2CCC(n3ccc4ccccc43)CC2)n1. The number of carbonyl (C=O) groups excluding carboxylic acids is 1. The molecule has 1 fully saturated rings. The van der Waals surface area contributed by atoms with Gasteiger partial charge in [-0.15, -0.1) is 11.3 Å². The number of hydrogen-bond donors (Lipinski definition) is 0. The van der Waals surface area contributed by atoms with Crippen molar-refractivity contribution in [1.82, 2.24) is 14.5 Å². The number of carbonyl (C=O) groups is 1. The maximum Gasteiger partial charge on any atom is 0.229 e. The number of nitrogens with zero attached hydrogens (tertiary/aromatic N) is 3. The molecule has 4 rings (SSSR count). The quantitative estimate of drug-likeness (QED) is 0.728. The maximum atomic E-state index is 12.5. The van der Waals surface area contributed by atoms with Crippen LogP contribution in [0.4, 0.5) is 0 Å². The highest BCUT2D eigenvalue weighted by atomic mass is 32.1. The molecule has 3 aromatic rings. The number of piperidine rings is 1. The molecule has 0 aliphatic carbocycles. The Hall–Kier alpha value is -2.14. The van der Waals surface area contributed by atoms with Crippen molar-refractivity contribution in [3.8, 4) is 0 Å². The minimum absolute atomic E-state index is 0.208. The van der Waals surface area contributed by atoms with E-state index in [1.54, 1.807) is 11.3 Å². The average Bonchev–Trinajstić information content (AvgIpc) is 3.21. The smallest absolute Gasteiger partial charge is 0.229 e. The summed E-state index contributed by atoms with van der Waals surface area (Å²) in [6.45, 7) is 3.64. The van der Waals surface area contributed by atoms with Gasteiger partial charge in [-0.1, -0.05) is 18.2 Å². The van der Waals surface area contributed by atoms with Crippen LogP contribution < -0.4 is 0 Å². The van der Waals surface area contributed by atoms with E-state index in [0.717, 1.165) is 36.6 Å². The van der Waals surface area contributed by atoms with Gasteiger partial charge in [-0.2, -0.15) is 0 Å². The molecule has 3 heterocycles. The van der Waals surface area contributed by atoms with E-state index in [1.165, 1.54) is 10.9 Å². The molecule has 1 saturated heterocycles. The first-order chi connectivity index (χ1) is 11.7. The number of hydrogen-bond acceptors (Lipinski definition) is 3. The summed E-state index contributed by atoms with van der Waals surface area (Å²) in [6.07, 6.45) is 4.66. The van der Waals surface area contributed by atoms with Crippen LogP contribution in [0, 0.1) is 6.92 Å². The number of amides is 1. The number of fused-ring (bicyclic) bond motifs is 1. The number of benzene rings is 1. The Bertz CT molecular complexity index is 858. The number of aryl methyl sites for hydroxylation is 1. The Balaban J connectivity index is 1.40. The molecule has 2 aromatic heterocycles. The van der Waals surface area contributed by atoms with E-state index in [2.05, 4.69) is 46.1 Å². The van der Waals surface area contributed by atoms with Gasteiger partial charge in [0.1, 0.15) is 5.01 Å². The highest BCUT2D eigenvalue weighted by Crippen LogP contribution is 2.28. The minimum atomic E-state index is 0.208. The van der Waals surface area contributed by atoms with Gasteiger partial charge in [0.25, 0.3) is 0 Å². The van der Waals surface area contributed by atoms with Gasteiger partial charge in [-0.05, 0) is 37.3 Å². The predicted molar refractivity (Wildman–Crippen MR) is 97.3 cm³/mol. The molecule has 1 amide bonds. The summed E-state index contributed by atoms with van der Waals surface area (Å²) in [5.41, 5.74) is 2.29. The van der Waals surface area contributed by atoms with Crippen LogP contribution in [0.3, 0.4) is 0 Å². The molecule has 1 aromatic carbocycles. The second-order valence-corrected chi connectivity index (χ2v) is 7.40. The zero-order chi connectivity index (χ0) is 16.5. The summed E-state index contributed by atoms with van der Waals surface area (Å²) in [4.78, 5) is 18.9. The summed E-state index contributed by atoms with van der Waals surface area (Å²) in [5, 5.41) is 4.22. The van der Waals surface area contributed by atoms with Crippen molar-refractivity contribution >= 4 is 28.1 Å². The van der Waals surface area contributed by atoms with Gasteiger partial charge in [0.2, 0.25) is 5.91 Å². The van der Waals surface area contributed by atoms with Gasteiger partial charge < -0.3 is 9.47 Å². The lowest BCUT2D eigenvalue weighted by Crippen LogP contribution is -2.39. The van der Waals surface area contributed by atoms with Crippen LogP contribution in [0.25, 0.3) is 10.9 Å². The summed E-state index contributed by atoms with van der Waals surface area (Å²) in [7, 11) is 0. The van der Waals surface area contributed by atoms with E-state index in [0.29, 0.717) is 12.5 Å². The van der Waals surface area contributed by atoms with Crippen molar-refractivity contribution in [3.05, 3.63) is 52.6 Å². The van der Waals surface area contributed by atoms with Crippen molar-refractivity contribution in [3.63, 3.8) is 0 Å². The molecule has 0 spiro atoms. The first-order valence-electron chi connectivity index (χ1n) is 8.45. The van der Waals surface area contributed by atoms with E-state index >= 15 is 0 Å². The van der Waals surface area contributed by atoms with Gasteiger partial charge in [0.15, 0.2) is 0 Å². The lowest BCUT2D eigenvalue weighted by atomic mass is 10.0. The molecule has 1 aliphatic rings. The van der Waals surface area contributed by atoms with Crippen LogP contribution in [-0.4, -0.2) is 33.4 Å². The molecule has 0 unspecified atom stereocenters. The first-order valence-corrected chi connectivity index (χ1v) is 9.33. The van der Waals surface area contributed by atoms with E-state index < -0.39 is 0 Å². The lowest BCUT2D eigenvalue weighted by Gasteiger charge is -2.33. The van der Waals surface area contributed by atoms with Gasteiger partial charge >= 0.3 is 0 Å². The molecule has 0 atom stereocenters. The lowest BCUT2D eigenvalue weighted by molar-refractivity contribution is -0.131. The normalized spacial score (nSPS) is 16.0. The molecule has 0 radical (unpaired) electrons. The topological polar surface area (TPSA) is 38.1 Å². The monoisotopic (exact) mass is 339 g/mol. The summed E-state index contributed by atoms with van der Waals surface area (Å²) in [5.74, 6) is 0.208. The van der Waals surface area contributed by atoms with E-state index in [-0.39, 0.29) is 5.91 Å². The largest absolute Gasteiger partial charge is 0.344 e. The van der Waals surface area contributed by atoms with Crippen LogP contribution in [-0.2, 0) is 11.2 Å². The van der Waals surface area contributed by atoms with E-state index in [4.69, 9.17) is 0 Å². The highest BCUT2D eigenvalue weighted by molar-refractivity contribution is 7.09. The molecular formula is C19H21N3OS. The third-order valence-electron chi connectivity index (χ3n) is 4.81. The molecule has 1 aliphatic heterocycles. The zero-order valence-electron chi connectivity index (χ0n) is 13.8. The Kier molecular flexibility index (Phi) is 4.10. The number of para-hydroxylation sites is 1. The molecule has 4 nitrogen and oxygen atoms in total. The summed E-state index contributed by atoms with van der Waals surface area (Å²) < 4.78 is 2.38. The summed E-state index contributed by atoms with van der Waals surface area (Å²) >= 11 is 1.58. The maximum absolute atomic E-state index is 12.5. The number of rotatable bonds is 3. The Morgan fingerprint density at radius 2 is 2.04 bits per heavy atom. The van der Waals surface area contributed by atoms with Gasteiger partial charge in [0, 0.05) is 41.9 Å². The standard InChI is InChI=1S/C19H21N3OS/c1-14-13-24-18(20-14)12-19(23)21-9-7-16(8-10-21)22-11-6-15-4-2-3-5-17(15)22/h2-6,11,13,16H,7-10,12H2,1H3. The van der Waals surface area contributed by atoms with Crippen molar-refractivity contribution < 1.29 is 4.79 Å². The molecule has 24 heavy (non-hydrogen) atoms. The van der Waals surface area contributed by atoms with Gasteiger partial charge in [-0.25, -0.2) is 4.98 Å². The van der Waals surface area contributed by atoms with Crippen molar-refractivity contribution in [1.29, 1.82) is 0 Å². The molecule has 5 heteroatoms. The minimum Gasteiger partial charge on any atom is -0.344 e. The second-order valence-electron chi connectivity index (χ2n) is 6.45. The van der Waals surface area contributed by atoms with Crippen LogP contribution in [0.1, 0.15) is 29.6 Å². The molecule has 0 saturated carbocycles. The third-order valence-corrected chi connectivity index (χ3v) is 5.78. The van der Waals surface area contributed by atoms with Gasteiger partial charge in [-0.3, -0.25) is 4.79 Å². The Labute approximate surface area is 145 Å². The van der Waals surface area contributed by atoms with E-state index in [9.17, 15) is 4.79 Å². The Morgan fingerprint density at radius 3 is 2.79 bits per heavy atom. The number of thiazole rings is 1. The fraction of sp³-hybridized carbons (Fsp3) is 0.368. The third kappa shape index (κ3) is 2.96. The zero-order valence-corrected chi connectivity index (χ0v) is 14.6. The Morgan fingerprint density at radius 1 is 1.25 bits per heavy atom. The molecule has 0 bridgehead atoms. The molecule has 124 valence electrons. The average molecular weight is 339 g/mol. The van der Waals surface area contributed by atoms with Crippen molar-refractivity contribution in [2.75, 3.05) is 13.1 Å². The fourth-order valence-electron chi connectivity index (χ4n) is 3.54. The molecular weight excluding hydrogens is 318 g/mol. The first kappa shape index (κ1) is 15.4. The highest BCUT2D eigenvalue weighted by Gasteiger charge is 2.24. The number of aromatic nitrogens is 2. The predicted octanol–water partition coefficient (Wildman–Crippen LogP) is 3.81. The van der Waals surface area contributed by atoms with Crippen LogP contribution >= 0.6 is 11.3 Å². The van der Waals surface area contributed by atoms with Crippen LogP contribution in [0.5, 0.6) is 0 Å². The fourth-order valence-corrected chi connectivity index (χ4v) is 4.30. The second kappa shape index (κ2) is 6.40.